The Balaban J connectivity index is 2.23. The molecule has 1 aliphatic rings. The van der Waals surface area contributed by atoms with Gasteiger partial charge in [0.05, 0.1) is 13.2 Å². The van der Waals surface area contributed by atoms with Gasteiger partial charge in [0.1, 0.15) is 4.21 Å². The van der Waals surface area contributed by atoms with Gasteiger partial charge in [0, 0.05) is 19.6 Å². The first kappa shape index (κ1) is 13.0. The molecule has 1 aliphatic heterocycles. The van der Waals surface area contributed by atoms with Crippen LogP contribution in [0.3, 0.4) is 0 Å². The normalized spacial score (nSPS) is 18.7. The van der Waals surface area contributed by atoms with Gasteiger partial charge in [-0.05, 0) is 18.4 Å². The van der Waals surface area contributed by atoms with Gasteiger partial charge < -0.3 is 4.74 Å². The van der Waals surface area contributed by atoms with Crippen LogP contribution in [0.2, 0.25) is 0 Å². The summed E-state index contributed by atoms with van der Waals surface area (Å²) in [6.07, 6.45) is 0. The van der Waals surface area contributed by atoms with E-state index in [2.05, 4.69) is 0 Å². The molecular formula is C10H16N2O3S2. The van der Waals surface area contributed by atoms with Crippen molar-refractivity contribution in [2.75, 3.05) is 32.8 Å². The molecule has 1 saturated heterocycles. The maximum Gasteiger partial charge on any atom is 0.265 e. The van der Waals surface area contributed by atoms with Gasteiger partial charge in [-0.25, -0.2) is 13.4 Å². The largest absolute Gasteiger partial charge is 0.379 e. The van der Waals surface area contributed by atoms with Crippen LogP contribution in [-0.2, 0) is 14.8 Å². The highest BCUT2D eigenvalue weighted by molar-refractivity contribution is 7.91. The highest BCUT2D eigenvalue weighted by atomic mass is 32.2. The predicted molar refractivity (Wildman–Crippen MR) is 66.3 cm³/mol. The van der Waals surface area contributed by atoms with E-state index in [1.165, 1.54) is 15.8 Å². The Morgan fingerprint density at radius 1 is 1.47 bits per heavy atom. The number of ether oxygens (including phenoxy) is 1. The van der Waals surface area contributed by atoms with Gasteiger partial charge in [0.2, 0.25) is 0 Å². The SMILES string of the molecule is CCN(N1CCOCC1)S(=O)(=O)c1cccs1. The number of hydrogen-bond acceptors (Lipinski definition) is 5. The maximum absolute atomic E-state index is 12.4. The number of rotatable bonds is 4. The zero-order chi connectivity index (χ0) is 12.3. The van der Waals surface area contributed by atoms with Gasteiger partial charge in [-0.15, -0.1) is 15.8 Å². The van der Waals surface area contributed by atoms with E-state index >= 15 is 0 Å². The van der Waals surface area contributed by atoms with Crippen LogP contribution in [0.4, 0.5) is 0 Å². The van der Waals surface area contributed by atoms with Crippen LogP contribution >= 0.6 is 11.3 Å². The Kier molecular flexibility index (Phi) is 4.16. The van der Waals surface area contributed by atoms with Gasteiger partial charge in [0.25, 0.3) is 10.0 Å². The summed E-state index contributed by atoms with van der Waals surface area (Å²) in [7, 11) is -3.39. The van der Waals surface area contributed by atoms with E-state index in [0.29, 0.717) is 37.1 Å². The van der Waals surface area contributed by atoms with Crippen molar-refractivity contribution in [3.63, 3.8) is 0 Å². The van der Waals surface area contributed by atoms with Crippen molar-refractivity contribution < 1.29 is 13.2 Å². The van der Waals surface area contributed by atoms with Gasteiger partial charge in [0.15, 0.2) is 0 Å². The summed E-state index contributed by atoms with van der Waals surface area (Å²) in [6, 6.07) is 3.40. The third-order valence-corrected chi connectivity index (χ3v) is 5.87. The van der Waals surface area contributed by atoms with Crippen LogP contribution in [0, 0.1) is 0 Å². The third kappa shape index (κ3) is 2.69. The van der Waals surface area contributed by atoms with Crippen molar-refractivity contribution in [2.24, 2.45) is 0 Å². The lowest BCUT2D eigenvalue weighted by Crippen LogP contribution is -2.51. The number of morpholine rings is 1. The summed E-state index contributed by atoms with van der Waals surface area (Å²) in [4.78, 5) is 0. The lowest BCUT2D eigenvalue weighted by Gasteiger charge is -2.35. The first-order valence-electron chi connectivity index (χ1n) is 5.55. The van der Waals surface area contributed by atoms with Crippen LogP contribution in [0.25, 0.3) is 0 Å². The fourth-order valence-electron chi connectivity index (χ4n) is 1.81. The molecule has 0 N–H and O–H groups in total. The summed E-state index contributed by atoms with van der Waals surface area (Å²) in [5.41, 5.74) is 0. The Morgan fingerprint density at radius 2 is 2.18 bits per heavy atom. The molecular weight excluding hydrogens is 260 g/mol. The first-order valence-corrected chi connectivity index (χ1v) is 7.87. The molecule has 0 spiro atoms. The second-order valence-corrected chi connectivity index (χ2v) is 6.66. The maximum atomic E-state index is 12.4. The Morgan fingerprint density at radius 3 is 2.71 bits per heavy atom. The number of hydrogen-bond donors (Lipinski definition) is 0. The summed E-state index contributed by atoms with van der Waals surface area (Å²) in [5, 5.41) is 3.62. The standard InChI is InChI=1S/C10H16N2O3S2/c1-2-12(11-5-7-15-8-6-11)17(13,14)10-4-3-9-16-10/h3-4,9H,2,5-8H2,1H3. The van der Waals surface area contributed by atoms with Gasteiger partial charge in [-0.1, -0.05) is 6.07 Å². The summed E-state index contributed by atoms with van der Waals surface area (Å²) < 4.78 is 31.8. The zero-order valence-corrected chi connectivity index (χ0v) is 11.3. The zero-order valence-electron chi connectivity index (χ0n) is 9.70. The molecule has 0 bridgehead atoms. The van der Waals surface area contributed by atoms with Crippen molar-refractivity contribution in [1.29, 1.82) is 0 Å². The lowest BCUT2D eigenvalue weighted by atomic mass is 10.5. The molecule has 1 aromatic rings. The topological polar surface area (TPSA) is 49.9 Å². The second kappa shape index (κ2) is 5.45. The molecule has 5 nitrogen and oxygen atoms in total. The van der Waals surface area contributed by atoms with Crippen LogP contribution in [0.15, 0.2) is 21.7 Å². The lowest BCUT2D eigenvalue weighted by molar-refractivity contribution is -0.0396. The molecule has 0 amide bonds. The van der Waals surface area contributed by atoms with Crippen molar-refractivity contribution in [3.8, 4) is 0 Å². The molecule has 1 fully saturated rings. The van der Waals surface area contributed by atoms with Crippen LogP contribution < -0.4 is 0 Å². The molecule has 2 heterocycles. The molecule has 0 radical (unpaired) electrons. The fraction of sp³-hybridized carbons (Fsp3) is 0.600. The monoisotopic (exact) mass is 276 g/mol. The molecule has 0 atom stereocenters. The van der Waals surface area contributed by atoms with E-state index in [0.717, 1.165) is 0 Å². The minimum Gasteiger partial charge on any atom is -0.379 e. The molecule has 1 aromatic heterocycles. The van der Waals surface area contributed by atoms with E-state index in [-0.39, 0.29) is 0 Å². The number of nitrogens with zero attached hydrogens (tertiary/aromatic N) is 2. The fourth-order valence-corrected chi connectivity index (χ4v) is 4.44. The molecule has 0 saturated carbocycles. The summed E-state index contributed by atoms with van der Waals surface area (Å²) in [5.74, 6) is 0. The molecule has 96 valence electrons. The molecule has 0 aromatic carbocycles. The highest BCUT2D eigenvalue weighted by Crippen LogP contribution is 2.22. The first-order chi connectivity index (χ1) is 8.16. The molecule has 0 aliphatic carbocycles. The predicted octanol–water partition coefficient (Wildman–Crippen LogP) is 1.01. The minimum atomic E-state index is -3.39. The average molecular weight is 276 g/mol. The van der Waals surface area contributed by atoms with E-state index in [1.54, 1.807) is 17.5 Å². The summed E-state index contributed by atoms with van der Waals surface area (Å²) >= 11 is 1.25. The summed E-state index contributed by atoms with van der Waals surface area (Å²) in [6.45, 7) is 4.70. The molecule has 0 unspecified atom stereocenters. The van der Waals surface area contributed by atoms with E-state index in [9.17, 15) is 8.42 Å². The number of thiophene rings is 1. The van der Waals surface area contributed by atoms with E-state index in [4.69, 9.17) is 4.74 Å². The Labute approximate surface area is 106 Å². The van der Waals surface area contributed by atoms with Crippen LogP contribution in [0.5, 0.6) is 0 Å². The number of sulfonamides is 1. The van der Waals surface area contributed by atoms with Gasteiger partial charge >= 0.3 is 0 Å². The van der Waals surface area contributed by atoms with Crippen molar-refractivity contribution in [2.45, 2.75) is 11.1 Å². The second-order valence-electron chi connectivity index (χ2n) is 3.64. The quantitative estimate of drug-likeness (QED) is 0.823. The molecule has 7 heteroatoms. The number of hydrazine groups is 1. The van der Waals surface area contributed by atoms with E-state index in [1.807, 2.05) is 11.9 Å². The molecule has 17 heavy (non-hydrogen) atoms. The van der Waals surface area contributed by atoms with Crippen molar-refractivity contribution in [3.05, 3.63) is 17.5 Å². The van der Waals surface area contributed by atoms with E-state index < -0.39 is 10.0 Å². The third-order valence-electron chi connectivity index (χ3n) is 2.60. The van der Waals surface area contributed by atoms with Crippen molar-refractivity contribution in [1.82, 2.24) is 9.42 Å². The van der Waals surface area contributed by atoms with Crippen LogP contribution in [-0.4, -0.2) is 50.7 Å². The Hall–Kier alpha value is -0.470. The minimum absolute atomic E-state index is 0.394. The Bertz CT molecular complexity index is 438. The van der Waals surface area contributed by atoms with Gasteiger partial charge in [-0.3, -0.25) is 0 Å². The van der Waals surface area contributed by atoms with Gasteiger partial charge in [-0.2, -0.15) is 0 Å². The van der Waals surface area contributed by atoms with Crippen molar-refractivity contribution >= 4 is 21.4 Å². The van der Waals surface area contributed by atoms with Crippen LogP contribution in [0.1, 0.15) is 6.92 Å². The highest BCUT2D eigenvalue weighted by Gasteiger charge is 2.30. The molecule has 2 rings (SSSR count). The smallest absolute Gasteiger partial charge is 0.265 e. The average Bonchev–Trinajstić information content (AvgIpc) is 2.85.